The Morgan fingerprint density at radius 3 is 2.41 bits per heavy atom. The van der Waals surface area contributed by atoms with E-state index in [2.05, 4.69) is 0 Å². The van der Waals surface area contributed by atoms with Crippen molar-refractivity contribution in [1.82, 2.24) is 9.55 Å². The number of sulfone groups is 1. The predicted octanol–water partition coefficient (Wildman–Crippen LogP) is 4.46. The molecule has 0 saturated carbocycles. The van der Waals surface area contributed by atoms with Gasteiger partial charge in [-0.25, -0.2) is 17.8 Å². The molecule has 5 nitrogen and oxygen atoms in total. The third-order valence-corrected chi connectivity index (χ3v) is 5.70. The van der Waals surface area contributed by atoms with E-state index in [9.17, 15) is 12.8 Å². The van der Waals surface area contributed by atoms with Crippen molar-refractivity contribution in [2.45, 2.75) is 31.2 Å². The monoisotopic (exact) mass is 437 g/mol. The number of nitrogens with two attached hydrogens (primary N) is 1. The second kappa shape index (κ2) is 9.07. The second-order valence-corrected chi connectivity index (χ2v) is 9.08. The summed E-state index contributed by atoms with van der Waals surface area (Å²) < 4.78 is 39.5. The van der Waals surface area contributed by atoms with Crippen LogP contribution >= 0.6 is 12.4 Å². The number of nitrogens with zero attached hydrogens (tertiary/aromatic N) is 2. The number of fused-ring (bicyclic) bond motifs is 1. The zero-order valence-corrected chi connectivity index (χ0v) is 18.2. The van der Waals surface area contributed by atoms with E-state index in [1.807, 2.05) is 36.6 Å². The fourth-order valence-electron chi connectivity index (χ4n) is 3.23. The van der Waals surface area contributed by atoms with Gasteiger partial charge in [-0.1, -0.05) is 38.1 Å². The van der Waals surface area contributed by atoms with Crippen molar-refractivity contribution in [3.05, 3.63) is 60.2 Å². The first-order valence-electron chi connectivity index (χ1n) is 9.06. The molecule has 0 fully saturated rings. The van der Waals surface area contributed by atoms with Crippen LogP contribution in [0.2, 0.25) is 0 Å². The maximum absolute atomic E-state index is 14.2. The molecular weight excluding hydrogens is 413 g/mol. The SMILES string of the molecule is CC(C)c1nc2c(-c3ccc(S(C)(=O)=O)cc3)cccc2n1C/C(F)=C/CN.Cl. The van der Waals surface area contributed by atoms with Crippen LogP contribution in [0.25, 0.3) is 22.2 Å². The number of allylic oxidation sites excluding steroid dienone is 1. The standard InChI is InChI=1S/C21H24FN3O2S.ClH/c1-14(2)21-24-20-18(15-7-9-17(10-8-15)28(3,26)27)5-4-6-19(20)25(21)13-16(22)11-12-23;/h4-11,14H,12-13,23H2,1-3H3;1H/b16-11-;. The van der Waals surface area contributed by atoms with Gasteiger partial charge >= 0.3 is 0 Å². The van der Waals surface area contributed by atoms with Gasteiger partial charge in [0.15, 0.2) is 9.84 Å². The summed E-state index contributed by atoms with van der Waals surface area (Å²) in [7, 11) is -3.25. The van der Waals surface area contributed by atoms with Gasteiger partial charge in [-0.2, -0.15) is 0 Å². The maximum atomic E-state index is 14.2. The molecular formula is C21H25ClFN3O2S. The zero-order chi connectivity index (χ0) is 20.5. The molecule has 3 aromatic rings. The Labute approximate surface area is 176 Å². The smallest absolute Gasteiger partial charge is 0.175 e. The first kappa shape index (κ1) is 23.1. The number of hydrogen-bond donors (Lipinski definition) is 1. The van der Waals surface area contributed by atoms with E-state index in [0.29, 0.717) is 0 Å². The molecule has 2 N–H and O–H groups in total. The molecule has 3 rings (SSSR count). The Morgan fingerprint density at radius 1 is 1.21 bits per heavy atom. The highest BCUT2D eigenvalue weighted by Gasteiger charge is 2.18. The van der Waals surface area contributed by atoms with Crippen molar-refractivity contribution in [1.29, 1.82) is 0 Å². The normalized spacial score (nSPS) is 12.4. The summed E-state index contributed by atoms with van der Waals surface area (Å²) in [5.74, 6) is 0.598. The largest absolute Gasteiger partial charge is 0.327 e. The lowest BCUT2D eigenvalue weighted by molar-refractivity contribution is 0.541. The molecule has 0 atom stereocenters. The van der Waals surface area contributed by atoms with E-state index in [4.69, 9.17) is 10.7 Å². The summed E-state index contributed by atoms with van der Waals surface area (Å²) in [6.45, 7) is 4.26. The molecule has 8 heteroatoms. The third kappa shape index (κ3) is 4.86. The first-order valence-corrected chi connectivity index (χ1v) is 11.0. The number of imidazole rings is 1. The van der Waals surface area contributed by atoms with Crippen molar-refractivity contribution >= 4 is 33.3 Å². The molecule has 0 aliphatic carbocycles. The Kier molecular flexibility index (Phi) is 7.21. The summed E-state index contributed by atoms with van der Waals surface area (Å²) in [5.41, 5.74) is 8.75. The van der Waals surface area contributed by atoms with Crippen LogP contribution in [-0.4, -0.2) is 30.8 Å². The maximum Gasteiger partial charge on any atom is 0.175 e. The topological polar surface area (TPSA) is 78.0 Å². The van der Waals surface area contributed by atoms with E-state index >= 15 is 0 Å². The summed E-state index contributed by atoms with van der Waals surface area (Å²) in [6, 6.07) is 12.5. The summed E-state index contributed by atoms with van der Waals surface area (Å²) in [4.78, 5) is 5.06. The molecule has 0 unspecified atom stereocenters. The van der Waals surface area contributed by atoms with Crippen molar-refractivity contribution in [2.24, 2.45) is 5.73 Å². The van der Waals surface area contributed by atoms with Gasteiger partial charge in [0.1, 0.15) is 11.7 Å². The minimum Gasteiger partial charge on any atom is -0.327 e. The average Bonchev–Trinajstić information content (AvgIpc) is 3.00. The fraction of sp³-hybridized carbons (Fsp3) is 0.286. The van der Waals surface area contributed by atoms with Crippen LogP contribution in [0.15, 0.2) is 59.3 Å². The van der Waals surface area contributed by atoms with Gasteiger partial charge in [0.25, 0.3) is 0 Å². The molecule has 0 amide bonds. The summed E-state index contributed by atoms with van der Waals surface area (Å²) >= 11 is 0. The summed E-state index contributed by atoms with van der Waals surface area (Å²) in [5, 5.41) is 0. The fourth-order valence-corrected chi connectivity index (χ4v) is 3.86. The number of para-hydroxylation sites is 1. The van der Waals surface area contributed by atoms with Crippen LogP contribution in [0, 0.1) is 0 Å². The van der Waals surface area contributed by atoms with E-state index < -0.39 is 9.84 Å². The Bertz CT molecular complexity index is 1140. The van der Waals surface area contributed by atoms with Crippen molar-refractivity contribution in [3.63, 3.8) is 0 Å². The van der Waals surface area contributed by atoms with E-state index in [-0.39, 0.29) is 42.1 Å². The van der Waals surface area contributed by atoms with Crippen LogP contribution in [0.4, 0.5) is 4.39 Å². The summed E-state index contributed by atoms with van der Waals surface area (Å²) in [6.07, 6.45) is 2.55. The van der Waals surface area contributed by atoms with Gasteiger partial charge < -0.3 is 10.3 Å². The highest BCUT2D eigenvalue weighted by Crippen LogP contribution is 2.32. The van der Waals surface area contributed by atoms with Crippen LogP contribution in [0.3, 0.4) is 0 Å². The zero-order valence-electron chi connectivity index (χ0n) is 16.6. The quantitative estimate of drug-likeness (QED) is 0.617. The van der Waals surface area contributed by atoms with Crippen molar-refractivity contribution < 1.29 is 12.8 Å². The van der Waals surface area contributed by atoms with E-state index in [1.54, 1.807) is 24.3 Å². The molecule has 0 aliphatic heterocycles. The van der Waals surface area contributed by atoms with Gasteiger partial charge in [0.05, 0.1) is 22.5 Å². The Balaban J connectivity index is 0.00000300. The lowest BCUT2D eigenvalue weighted by Gasteiger charge is -2.10. The number of benzene rings is 2. The minimum atomic E-state index is -3.25. The predicted molar refractivity (Wildman–Crippen MR) is 118 cm³/mol. The molecule has 156 valence electrons. The molecule has 0 bridgehead atoms. The second-order valence-electron chi connectivity index (χ2n) is 7.07. The Morgan fingerprint density at radius 2 is 1.86 bits per heavy atom. The average molecular weight is 438 g/mol. The Hall–Kier alpha value is -2.22. The van der Waals surface area contributed by atoms with Crippen LogP contribution in [0.1, 0.15) is 25.6 Å². The van der Waals surface area contributed by atoms with Crippen LogP contribution < -0.4 is 5.73 Å². The van der Waals surface area contributed by atoms with E-state index in [1.165, 1.54) is 12.3 Å². The van der Waals surface area contributed by atoms with Gasteiger partial charge in [0.2, 0.25) is 0 Å². The molecule has 1 heterocycles. The van der Waals surface area contributed by atoms with Gasteiger partial charge in [-0.05, 0) is 29.8 Å². The first-order chi connectivity index (χ1) is 13.2. The molecule has 0 saturated heterocycles. The van der Waals surface area contributed by atoms with Crippen molar-refractivity contribution in [2.75, 3.05) is 12.8 Å². The number of hydrogen-bond acceptors (Lipinski definition) is 4. The number of aromatic nitrogens is 2. The molecule has 29 heavy (non-hydrogen) atoms. The lowest BCUT2D eigenvalue weighted by Crippen LogP contribution is -2.07. The van der Waals surface area contributed by atoms with Crippen LogP contribution in [0.5, 0.6) is 0 Å². The molecule has 0 radical (unpaired) electrons. The minimum absolute atomic E-state index is 0. The molecule has 0 spiro atoms. The molecule has 1 aromatic heterocycles. The van der Waals surface area contributed by atoms with Gasteiger partial charge in [-0.15, -0.1) is 12.4 Å². The number of rotatable bonds is 6. The molecule has 0 aliphatic rings. The lowest BCUT2D eigenvalue weighted by atomic mass is 10.0. The van der Waals surface area contributed by atoms with Gasteiger partial charge in [0, 0.05) is 24.3 Å². The highest BCUT2D eigenvalue weighted by atomic mass is 35.5. The van der Waals surface area contributed by atoms with Crippen molar-refractivity contribution in [3.8, 4) is 11.1 Å². The van der Waals surface area contributed by atoms with E-state index in [0.717, 1.165) is 28.0 Å². The van der Waals surface area contributed by atoms with Gasteiger partial charge in [-0.3, -0.25) is 0 Å². The third-order valence-electron chi connectivity index (χ3n) is 4.57. The highest BCUT2D eigenvalue weighted by molar-refractivity contribution is 7.90. The van der Waals surface area contributed by atoms with Crippen LogP contribution in [-0.2, 0) is 16.4 Å². The molecule has 2 aromatic carbocycles. The number of halogens is 2.